The van der Waals surface area contributed by atoms with Gasteiger partial charge in [0.25, 0.3) is 5.91 Å². The maximum absolute atomic E-state index is 13.2. The number of nitrogens with one attached hydrogen (secondary N) is 1. The van der Waals surface area contributed by atoms with Crippen molar-refractivity contribution in [1.82, 2.24) is 4.98 Å². The van der Waals surface area contributed by atoms with Gasteiger partial charge in [-0.05, 0) is 68.7 Å². The molecule has 1 aliphatic heterocycles. The molecule has 3 aromatic rings. The second-order valence-corrected chi connectivity index (χ2v) is 8.54. The van der Waals surface area contributed by atoms with Gasteiger partial charge in [-0.15, -0.1) is 11.3 Å². The first-order valence-electron chi connectivity index (χ1n) is 10.2. The van der Waals surface area contributed by atoms with Crippen LogP contribution in [0.4, 0.5) is 15.8 Å². The van der Waals surface area contributed by atoms with Gasteiger partial charge < -0.3 is 16.0 Å². The van der Waals surface area contributed by atoms with E-state index in [1.54, 1.807) is 31.2 Å². The maximum atomic E-state index is 13.2. The van der Waals surface area contributed by atoms with Crippen LogP contribution in [0.25, 0.3) is 10.6 Å². The lowest BCUT2D eigenvalue weighted by Crippen LogP contribution is -2.30. The van der Waals surface area contributed by atoms with Gasteiger partial charge in [0, 0.05) is 24.2 Å². The van der Waals surface area contributed by atoms with Crippen molar-refractivity contribution in [2.24, 2.45) is 5.73 Å². The Morgan fingerprint density at radius 1 is 1.10 bits per heavy atom. The number of aryl methyl sites for hydroxylation is 1. The van der Waals surface area contributed by atoms with Gasteiger partial charge >= 0.3 is 0 Å². The number of thiazole rings is 1. The van der Waals surface area contributed by atoms with Crippen molar-refractivity contribution in [3.8, 4) is 10.6 Å². The van der Waals surface area contributed by atoms with Crippen LogP contribution >= 0.6 is 11.3 Å². The lowest BCUT2D eigenvalue weighted by Gasteiger charge is -2.30. The molecule has 0 unspecified atom stereocenters. The van der Waals surface area contributed by atoms with Crippen LogP contribution in [-0.2, 0) is 0 Å². The highest BCUT2D eigenvalue weighted by Gasteiger charge is 2.21. The molecule has 1 aromatic heterocycles. The first-order chi connectivity index (χ1) is 14.9. The Morgan fingerprint density at radius 2 is 1.81 bits per heavy atom. The Kier molecular flexibility index (Phi) is 5.99. The second kappa shape index (κ2) is 8.85. The number of primary amides is 1. The van der Waals surface area contributed by atoms with Gasteiger partial charge in [-0.1, -0.05) is 0 Å². The summed E-state index contributed by atoms with van der Waals surface area (Å²) in [5.74, 6) is -1.17. The average Bonchev–Trinajstić information content (AvgIpc) is 3.16. The van der Waals surface area contributed by atoms with Gasteiger partial charge in [0.05, 0.1) is 17.1 Å². The summed E-state index contributed by atoms with van der Waals surface area (Å²) in [6.07, 6.45) is 3.35. The monoisotopic (exact) mass is 438 g/mol. The number of rotatable bonds is 5. The third kappa shape index (κ3) is 4.59. The minimum absolute atomic E-state index is 0.303. The SMILES string of the molecule is Cc1nc(-c2ccc(F)cc2)sc1C(=O)Nc1cc(C(N)=O)ccc1N1CCCCC1. The Labute approximate surface area is 183 Å². The third-order valence-electron chi connectivity index (χ3n) is 5.32. The highest BCUT2D eigenvalue weighted by Crippen LogP contribution is 2.32. The zero-order chi connectivity index (χ0) is 22.0. The van der Waals surface area contributed by atoms with E-state index < -0.39 is 5.91 Å². The number of amides is 2. The van der Waals surface area contributed by atoms with E-state index in [0.29, 0.717) is 26.8 Å². The number of aromatic nitrogens is 1. The number of anilines is 2. The molecule has 1 saturated heterocycles. The van der Waals surface area contributed by atoms with Crippen LogP contribution in [-0.4, -0.2) is 29.9 Å². The van der Waals surface area contributed by atoms with E-state index in [9.17, 15) is 14.0 Å². The predicted molar refractivity (Wildman–Crippen MR) is 121 cm³/mol. The fourth-order valence-corrected chi connectivity index (χ4v) is 4.67. The molecule has 0 bridgehead atoms. The molecule has 6 nitrogen and oxygen atoms in total. The van der Waals surface area contributed by atoms with Crippen molar-refractivity contribution in [1.29, 1.82) is 0 Å². The van der Waals surface area contributed by atoms with Crippen LogP contribution in [0.2, 0.25) is 0 Å². The Hall–Kier alpha value is -3.26. The number of hydrogen-bond acceptors (Lipinski definition) is 5. The maximum Gasteiger partial charge on any atom is 0.267 e. The molecule has 1 fully saturated rings. The van der Waals surface area contributed by atoms with Crippen molar-refractivity contribution in [3.05, 3.63) is 64.4 Å². The summed E-state index contributed by atoms with van der Waals surface area (Å²) in [6.45, 7) is 3.56. The Balaban J connectivity index is 1.64. The van der Waals surface area contributed by atoms with Crippen molar-refractivity contribution in [2.45, 2.75) is 26.2 Å². The topological polar surface area (TPSA) is 88.3 Å². The molecule has 0 saturated carbocycles. The molecule has 160 valence electrons. The van der Waals surface area contributed by atoms with E-state index in [1.807, 2.05) is 6.07 Å². The van der Waals surface area contributed by atoms with E-state index in [-0.39, 0.29) is 11.7 Å². The molecule has 8 heteroatoms. The number of piperidine rings is 1. The van der Waals surface area contributed by atoms with Gasteiger partial charge in [0.2, 0.25) is 5.91 Å². The summed E-state index contributed by atoms with van der Waals surface area (Å²) in [5.41, 5.74) is 8.56. The van der Waals surface area contributed by atoms with Gasteiger partial charge in [-0.3, -0.25) is 9.59 Å². The number of carbonyl (C=O) groups excluding carboxylic acids is 2. The summed E-state index contributed by atoms with van der Waals surface area (Å²) < 4.78 is 13.2. The quantitative estimate of drug-likeness (QED) is 0.609. The third-order valence-corrected chi connectivity index (χ3v) is 6.53. The minimum atomic E-state index is -0.548. The zero-order valence-electron chi connectivity index (χ0n) is 17.2. The lowest BCUT2D eigenvalue weighted by molar-refractivity contribution is 0.0996. The fourth-order valence-electron chi connectivity index (χ4n) is 3.70. The van der Waals surface area contributed by atoms with E-state index >= 15 is 0 Å². The number of carbonyl (C=O) groups is 2. The Bertz CT molecular complexity index is 1120. The van der Waals surface area contributed by atoms with E-state index in [1.165, 1.54) is 29.9 Å². The molecule has 2 heterocycles. The molecule has 2 aromatic carbocycles. The molecular weight excluding hydrogens is 415 g/mol. The van der Waals surface area contributed by atoms with Crippen LogP contribution in [0, 0.1) is 12.7 Å². The van der Waals surface area contributed by atoms with E-state index in [0.717, 1.165) is 37.2 Å². The molecule has 2 amide bonds. The smallest absolute Gasteiger partial charge is 0.267 e. The molecule has 1 aliphatic rings. The highest BCUT2D eigenvalue weighted by molar-refractivity contribution is 7.17. The Morgan fingerprint density at radius 3 is 2.48 bits per heavy atom. The van der Waals surface area contributed by atoms with Crippen molar-refractivity contribution in [3.63, 3.8) is 0 Å². The van der Waals surface area contributed by atoms with Crippen LogP contribution in [0.3, 0.4) is 0 Å². The van der Waals surface area contributed by atoms with Gasteiger partial charge in [0.15, 0.2) is 0 Å². The zero-order valence-corrected chi connectivity index (χ0v) is 18.0. The number of nitrogens with zero attached hydrogens (tertiary/aromatic N) is 2. The minimum Gasteiger partial charge on any atom is -0.370 e. The van der Waals surface area contributed by atoms with Gasteiger partial charge in [0.1, 0.15) is 15.7 Å². The largest absolute Gasteiger partial charge is 0.370 e. The summed E-state index contributed by atoms with van der Waals surface area (Å²) in [4.78, 5) is 32.0. The van der Waals surface area contributed by atoms with Gasteiger partial charge in [-0.2, -0.15) is 0 Å². The molecule has 31 heavy (non-hydrogen) atoms. The molecular formula is C23H23FN4O2S. The number of benzene rings is 2. The van der Waals surface area contributed by atoms with Crippen LogP contribution in [0.15, 0.2) is 42.5 Å². The highest BCUT2D eigenvalue weighted by atomic mass is 32.1. The molecule has 0 aliphatic carbocycles. The molecule has 3 N–H and O–H groups in total. The van der Waals surface area contributed by atoms with E-state index in [4.69, 9.17) is 5.73 Å². The summed E-state index contributed by atoms with van der Waals surface area (Å²) in [5, 5.41) is 3.60. The van der Waals surface area contributed by atoms with Crippen LogP contribution in [0.5, 0.6) is 0 Å². The lowest BCUT2D eigenvalue weighted by atomic mass is 10.1. The van der Waals surface area contributed by atoms with Crippen molar-refractivity contribution < 1.29 is 14.0 Å². The molecule has 4 rings (SSSR count). The second-order valence-electron chi connectivity index (χ2n) is 7.54. The molecule has 0 spiro atoms. The number of hydrogen-bond donors (Lipinski definition) is 2. The van der Waals surface area contributed by atoms with Gasteiger partial charge in [-0.25, -0.2) is 9.37 Å². The fraction of sp³-hybridized carbons (Fsp3) is 0.261. The molecule has 0 atom stereocenters. The summed E-state index contributed by atoms with van der Waals surface area (Å²) in [7, 11) is 0. The average molecular weight is 439 g/mol. The number of nitrogens with two attached hydrogens (primary N) is 1. The van der Waals surface area contributed by atoms with Crippen LogP contribution < -0.4 is 16.0 Å². The molecule has 0 radical (unpaired) electrons. The summed E-state index contributed by atoms with van der Waals surface area (Å²) in [6, 6.07) is 11.2. The van der Waals surface area contributed by atoms with E-state index in [2.05, 4.69) is 15.2 Å². The first-order valence-corrected chi connectivity index (χ1v) is 11.0. The normalized spacial score (nSPS) is 13.8. The van der Waals surface area contributed by atoms with Crippen molar-refractivity contribution in [2.75, 3.05) is 23.3 Å². The standard InChI is InChI=1S/C23H23FN4O2S/c1-14-20(31-23(26-14)15-5-8-17(24)9-6-15)22(30)27-18-13-16(21(25)29)7-10-19(18)28-11-3-2-4-12-28/h5-10,13H,2-4,11-12H2,1H3,(H2,25,29)(H,27,30). The predicted octanol–water partition coefficient (Wildman–Crippen LogP) is 4.60. The van der Waals surface area contributed by atoms with Crippen molar-refractivity contribution >= 4 is 34.5 Å². The summed E-state index contributed by atoms with van der Waals surface area (Å²) >= 11 is 1.25. The van der Waals surface area contributed by atoms with Crippen LogP contribution in [0.1, 0.15) is 45.0 Å². The number of halogens is 1. The first kappa shape index (κ1) is 21.0.